The smallest absolute Gasteiger partial charge is 0.292 e. The summed E-state index contributed by atoms with van der Waals surface area (Å²) < 4.78 is 0. The van der Waals surface area contributed by atoms with Gasteiger partial charge < -0.3 is 10.6 Å². The van der Waals surface area contributed by atoms with Crippen molar-refractivity contribution < 1.29 is 9.72 Å². The molecule has 0 bridgehead atoms. The number of nitro benzene ring substituents is 1. The summed E-state index contributed by atoms with van der Waals surface area (Å²) in [4.78, 5) is 21.7. The van der Waals surface area contributed by atoms with Crippen molar-refractivity contribution in [2.45, 2.75) is 20.3 Å². The first-order valence-corrected chi connectivity index (χ1v) is 5.80. The number of anilines is 1. The van der Waals surface area contributed by atoms with E-state index in [1.54, 1.807) is 19.1 Å². The molecule has 2 N–H and O–H groups in total. The Labute approximate surface area is 106 Å². The monoisotopic (exact) mass is 251 g/mol. The molecule has 0 unspecified atom stereocenters. The lowest BCUT2D eigenvalue weighted by atomic mass is 10.2. The van der Waals surface area contributed by atoms with Crippen LogP contribution >= 0.6 is 0 Å². The van der Waals surface area contributed by atoms with Crippen molar-refractivity contribution in [3.8, 4) is 0 Å². The Morgan fingerprint density at radius 1 is 1.44 bits per heavy atom. The average molecular weight is 251 g/mol. The highest BCUT2D eigenvalue weighted by molar-refractivity contribution is 5.76. The molecule has 0 heterocycles. The molecule has 0 aliphatic heterocycles. The topological polar surface area (TPSA) is 84.3 Å². The molecule has 0 saturated heterocycles. The number of nitrogens with zero attached hydrogens (tertiary/aromatic N) is 1. The van der Waals surface area contributed by atoms with Crippen molar-refractivity contribution in [3.05, 3.63) is 33.9 Å². The molecular formula is C12H17N3O3. The molecule has 18 heavy (non-hydrogen) atoms. The van der Waals surface area contributed by atoms with Gasteiger partial charge >= 0.3 is 0 Å². The zero-order valence-corrected chi connectivity index (χ0v) is 10.5. The molecule has 0 atom stereocenters. The maximum absolute atomic E-state index is 11.2. The van der Waals surface area contributed by atoms with Crippen LogP contribution in [-0.4, -0.2) is 23.9 Å². The van der Waals surface area contributed by atoms with E-state index in [9.17, 15) is 14.9 Å². The summed E-state index contributed by atoms with van der Waals surface area (Å²) in [6.07, 6.45) is 0.291. The van der Waals surface area contributed by atoms with Gasteiger partial charge in [0, 0.05) is 25.6 Å². The fourth-order valence-corrected chi connectivity index (χ4v) is 1.54. The highest BCUT2D eigenvalue weighted by Gasteiger charge is 2.13. The standard InChI is InChI=1S/C12H17N3O3/c1-3-13-12(16)6-7-14-10-5-4-9(2)8-11(10)15(17)18/h4-5,8,14H,3,6-7H2,1-2H3,(H,13,16). The highest BCUT2D eigenvalue weighted by Crippen LogP contribution is 2.24. The first kappa shape index (κ1) is 14.0. The first-order valence-electron chi connectivity index (χ1n) is 5.80. The Morgan fingerprint density at radius 3 is 2.78 bits per heavy atom. The average Bonchev–Trinajstić information content (AvgIpc) is 2.31. The normalized spacial score (nSPS) is 9.89. The largest absolute Gasteiger partial charge is 0.379 e. The second-order valence-corrected chi connectivity index (χ2v) is 3.91. The van der Waals surface area contributed by atoms with Crippen LogP contribution in [0.5, 0.6) is 0 Å². The quantitative estimate of drug-likeness (QED) is 0.597. The molecule has 6 heteroatoms. The molecule has 0 spiro atoms. The minimum Gasteiger partial charge on any atom is -0.379 e. The Kier molecular flexibility index (Phi) is 5.10. The van der Waals surface area contributed by atoms with Gasteiger partial charge in [0.05, 0.1) is 4.92 Å². The highest BCUT2D eigenvalue weighted by atomic mass is 16.6. The number of hydrogen-bond donors (Lipinski definition) is 2. The van der Waals surface area contributed by atoms with E-state index in [4.69, 9.17) is 0 Å². The molecule has 98 valence electrons. The van der Waals surface area contributed by atoms with E-state index in [-0.39, 0.29) is 11.6 Å². The van der Waals surface area contributed by atoms with Crippen molar-refractivity contribution in [3.63, 3.8) is 0 Å². The number of aryl methyl sites for hydroxylation is 1. The lowest BCUT2D eigenvalue weighted by Gasteiger charge is -2.07. The fraction of sp³-hybridized carbons (Fsp3) is 0.417. The molecule has 0 radical (unpaired) electrons. The van der Waals surface area contributed by atoms with Gasteiger partial charge in [0.25, 0.3) is 5.69 Å². The minimum absolute atomic E-state index is 0.0332. The van der Waals surface area contributed by atoms with Crippen molar-refractivity contribution in [1.82, 2.24) is 5.32 Å². The van der Waals surface area contributed by atoms with Crippen LogP contribution in [0.3, 0.4) is 0 Å². The number of benzene rings is 1. The Bertz CT molecular complexity index is 446. The van der Waals surface area contributed by atoms with E-state index in [0.717, 1.165) is 5.56 Å². The fourth-order valence-electron chi connectivity index (χ4n) is 1.54. The van der Waals surface area contributed by atoms with Crippen LogP contribution in [-0.2, 0) is 4.79 Å². The van der Waals surface area contributed by atoms with E-state index in [1.165, 1.54) is 6.07 Å². The SMILES string of the molecule is CCNC(=O)CCNc1ccc(C)cc1[N+](=O)[O-]. The molecular weight excluding hydrogens is 234 g/mol. The number of carbonyl (C=O) groups excluding carboxylic acids is 1. The number of hydrogen-bond acceptors (Lipinski definition) is 4. The second kappa shape index (κ2) is 6.58. The van der Waals surface area contributed by atoms with Crippen molar-refractivity contribution in [1.29, 1.82) is 0 Å². The van der Waals surface area contributed by atoms with E-state index in [1.807, 2.05) is 6.92 Å². The molecule has 1 amide bonds. The lowest BCUT2D eigenvalue weighted by Crippen LogP contribution is -2.24. The number of nitro groups is 1. The van der Waals surface area contributed by atoms with Crippen LogP contribution in [0.25, 0.3) is 0 Å². The number of nitrogens with one attached hydrogen (secondary N) is 2. The van der Waals surface area contributed by atoms with Crippen molar-refractivity contribution in [2.24, 2.45) is 0 Å². The molecule has 0 fully saturated rings. The minimum atomic E-state index is -0.429. The van der Waals surface area contributed by atoms with Crippen LogP contribution < -0.4 is 10.6 Å². The molecule has 0 saturated carbocycles. The summed E-state index contributed by atoms with van der Waals surface area (Å²) in [6.45, 7) is 4.60. The number of carbonyl (C=O) groups is 1. The molecule has 0 aromatic heterocycles. The zero-order valence-electron chi connectivity index (χ0n) is 10.5. The molecule has 1 aromatic rings. The summed E-state index contributed by atoms with van der Waals surface area (Å²) >= 11 is 0. The van der Waals surface area contributed by atoms with Crippen LogP contribution in [0.4, 0.5) is 11.4 Å². The van der Waals surface area contributed by atoms with Gasteiger partial charge in [0.1, 0.15) is 5.69 Å². The summed E-state index contributed by atoms with van der Waals surface area (Å²) in [5.41, 5.74) is 1.30. The van der Waals surface area contributed by atoms with Crippen molar-refractivity contribution >= 4 is 17.3 Å². The molecule has 0 aliphatic carbocycles. The van der Waals surface area contributed by atoms with Gasteiger partial charge in [0.15, 0.2) is 0 Å². The number of amides is 1. The third kappa shape index (κ3) is 4.04. The van der Waals surface area contributed by atoms with Crippen LogP contribution in [0, 0.1) is 17.0 Å². The van der Waals surface area contributed by atoms with Gasteiger partial charge in [0.2, 0.25) is 5.91 Å². The summed E-state index contributed by atoms with van der Waals surface area (Å²) in [5.74, 6) is -0.0697. The van der Waals surface area contributed by atoms with E-state index >= 15 is 0 Å². The summed E-state index contributed by atoms with van der Waals surface area (Å²) in [6, 6.07) is 4.96. The lowest BCUT2D eigenvalue weighted by molar-refractivity contribution is -0.384. The Hall–Kier alpha value is -2.11. The predicted molar refractivity (Wildman–Crippen MR) is 69.6 cm³/mol. The number of rotatable bonds is 6. The van der Waals surface area contributed by atoms with Gasteiger partial charge in [-0.15, -0.1) is 0 Å². The molecule has 0 aliphatic rings. The van der Waals surface area contributed by atoms with Gasteiger partial charge in [-0.05, 0) is 25.5 Å². The first-order chi connectivity index (χ1) is 8.54. The third-order valence-electron chi connectivity index (χ3n) is 2.39. The Balaban J connectivity index is 2.62. The van der Waals surface area contributed by atoms with Crippen LogP contribution in [0.1, 0.15) is 18.9 Å². The summed E-state index contributed by atoms with van der Waals surface area (Å²) in [5, 5.41) is 16.4. The van der Waals surface area contributed by atoms with Crippen LogP contribution in [0.2, 0.25) is 0 Å². The van der Waals surface area contributed by atoms with E-state index < -0.39 is 4.92 Å². The van der Waals surface area contributed by atoms with Gasteiger partial charge in [-0.2, -0.15) is 0 Å². The maximum atomic E-state index is 11.2. The van der Waals surface area contributed by atoms with E-state index in [0.29, 0.717) is 25.2 Å². The van der Waals surface area contributed by atoms with Crippen LogP contribution in [0.15, 0.2) is 18.2 Å². The summed E-state index contributed by atoms with van der Waals surface area (Å²) in [7, 11) is 0. The molecule has 1 rings (SSSR count). The van der Waals surface area contributed by atoms with E-state index in [2.05, 4.69) is 10.6 Å². The third-order valence-corrected chi connectivity index (χ3v) is 2.39. The van der Waals surface area contributed by atoms with Gasteiger partial charge in [-0.1, -0.05) is 6.07 Å². The second-order valence-electron chi connectivity index (χ2n) is 3.91. The molecule has 6 nitrogen and oxygen atoms in total. The van der Waals surface area contributed by atoms with Gasteiger partial charge in [-0.25, -0.2) is 0 Å². The Morgan fingerprint density at radius 2 is 2.17 bits per heavy atom. The maximum Gasteiger partial charge on any atom is 0.292 e. The molecule has 1 aromatic carbocycles. The van der Waals surface area contributed by atoms with Crippen molar-refractivity contribution in [2.75, 3.05) is 18.4 Å². The zero-order chi connectivity index (χ0) is 13.5. The van der Waals surface area contributed by atoms with Gasteiger partial charge in [-0.3, -0.25) is 14.9 Å². The predicted octanol–water partition coefficient (Wildman–Crippen LogP) is 1.84.